The Hall–Kier alpha value is -0.510. The second-order valence-corrected chi connectivity index (χ2v) is 6.62. The number of hydrogen-bond acceptors (Lipinski definition) is 3. The smallest absolute Gasteiger partial charge is 0.122 e. The quantitative estimate of drug-likeness (QED) is 0.904. The van der Waals surface area contributed by atoms with Gasteiger partial charge in [0.2, 0.25) is 0 Å². The topological polar surface area (TPSA) is 34.1 Å². The van der Waals surface area contributed by atoms with Crippen molar-refractivity contribution < 1.29 is 4.74 Å². The Bertz CT molecular complexity index is 430. The molecule has 21 heavy (non-hydrogen) atoms. The fourth-order valence-electron chi connectivity index (χ4n) is 3.93. The van der Waals surface area contributed by atoms with Gasteiger partial charge in [-0.25, -0.2) is 0 Å². The number of nitrogens with zero attached hydrogens (tertiary/aromatic N) is 1. The number of ether oxygens (including phenoxy) is 1. The molecule has 2 fully saturated rings. The summed E-state index contributed by atoms with van der Waals surface area (Å²) >= 11 is 0. The molecule has 1 aromatic heterocycles. The molecule has 0 saturated carbocycles. The third kappa shape index (κ3) is 4.48. The van der Waals surface area contributed by atoms with E-state index in [1.165, 1.54) is 19.3 Å². The van der Waals surface area contributed by atoms with Crippen LogP contribution in [0.4, 0.5) is 0 Å². The van der Waals surface area contributed by atoms with E-state index in [0.29, 0.717) is 17.7 Å². The fourth-order valence-corrected chi connectivity index (χ4v) is 3.93. The van der Waals surface area contributed by atoms with Gasteiger partial charge in [-0.1, -0.05) is 13.8 Å². The number of halogens is 2. The Balaban J connectivity index is 0.00000110. The van der Waals surface area contributed by atoms with E-state index < -0.39 is 0 Å². The summed E-state index contributed by atoms with van der Waals surface area (Å²) in [5, 5.41) is 3.86. The zero-order chi connectivity index (χ0) is 13.3. The van der Waals surface area contributed by atoms with Crippen LogP contribution in [0.25, 0.3) is 0 Å². The van der Waals surface area contributed by atoms with E-state index >= 15 is 0 Å². The Morgan fingerprint density at radius 2 is 2.05 bits per heavy atom. The molecule has 0 radical (unpaired) electrons. The Morgan fingerprint density at radius 1 is 1.33 bits per heavy atom. The number of rotatable bonds is 4. The van der Waals surface area contributed by atoms with Crippen molar-refractivity contribution in [1.82, 2.24) is 10.3 Å². The molecule has 120 valence electrons. The molecule has 1 aromatic rings. The molecule has 5 heteroatoms. The monoisotopic (exact) mass is 332 g/mol. The third-order valence-corrected chi connectivity index (χ3v) is 4.40. The molecule has 0 spiro atoms. The molecular formula is C16H26Cl2N2O. The van der Waals surface area contributed by atoms with Crippen LogP contribution in [-0.4, -0.2) is 22.7 Å². The highest BCUT2D eigenvalue weighted by Gasteiger charge is 2.45. The minimum atomic E-state index is 0. The summed E-state index contributed by atoms with van der Waals surface area (Å²) in [5.74, 6) is 1.70. The summed E-state index contributed by atoms with van der Waals surface area (Å²) in [6, 6.07) is 4.57. The lowest BCUT2D eigenvalue weighted by atomic mass is 9.82. The van der Waals surface area contributed by atoms with Crippen LogP contribution in [-0.2, 0) is 0 Å². The first-order valence-corrected chi connectivity index (χ1v) is 7.50. The van der Waals surface area contributed by atoms with Gasteiger partial charge >= 0.3 is 0 Å². The molecule has 1 N–H and O–H groups in total. The second kappa shape index (κ2) is 7.66. The molecule has 3 rings (SSSR count). The van der Waals surface area contributed by atoms with E-state index in [9.17, 15) is 0 Å². The van der Waals surface area contributed by atoms with Gasteiger partial charge in [0.1, 0.15) is 11.9 Å². The van der Waals surface area contributed by atoms with Crippen molar-refractivity contribution in [2.24, 2.45) is 5.92 Å². The summed E-state index contributed by atoms with van der Waals surface area (Å²) in [5.41, 5.74) is 0.328. The Morgan fingerprint density at radius 3 is 2.71 bits per heavy atom. The normalized spacial score (nSPS) is 30.4. The maximum atomic E-state index is 6.16. The second-order valence-electron chi connectivity index (χ2n) is 6.62. The van der Waals surface area contributed by atoms with E-state index in [1.54, 1.807) is 12.4 Å². The van der Waals surface area contributed by atoms with Gasteiger partial charge in [-0.15, -0.1) is 24.8 Å². The summed E-state index contributed by atoms with van der Waals surface area (Å²) < 4.78 is 6.16. The molecule has 0 aliphatic carbocycles. The fraction of sp³-hybridized carbons (Fsp3) is 0.688. The molecule has 0 amide bonds. The lowest BCUT2D eigenvalue weighted by Crippen LogP contribution is -2.52. The van der Waals surface area contributed by atoms with Gasteiger partial charge in [0.15, 0.2) is 0 Å². The summed E-state index contributed by atoms with van der Waals surface area (Å²) in [6.07, 6.45) is 10.1. The summed E-state index contributed by atoms with van der Waals surface area (Å²) in [7, 11) is 0. The molecule has 3 atom stereocenters. The predicted molar refractivity (Wildman–Crippen MR) is 90.7 cm³/mol. The molecule has 2 saturated heterocycles. The molecular weight excluding hydrogens is 307 g/mol. The highest BCUT2D eigenvalue weighted by molar-refractivity contribution is 5.85. The minimum absolute atomic E-state index is 0. The molecule has 0 unspecified atom stereocenters. The van der Waals surface area contributed by atoms with Crippen molar-refractivity contribution in [2.75, 3.05) is 0 Å². The van der Waals surface area contributed by atoms with Crippen LogP contribution in [0.2, 0.25) is 0 Å². The number of hydrogen-bond donors (Lipinski definition) is 1. The van der Waals surface area contributed by atoms with Gasteiger partial charge in [-0.3, -0.25) is 4.98 Å². The van der Waals surface area contributed by atoms with E-state index in [1.807, 2.05) is 12.1 Å². The van der Waals surface area contributed by atoms with E-state index in [-0.39, 0.29) is 24.8 Å². The minimum Gasteiger partial charge on any atom is -0.490 e. The highest BCUT2D eigenvalue weighted by Crippen LogP contribution is 2.40. The van der Waals surface area contributed by atoms with Crippen LogP contribution in [0.5, 0.6) is 5.75 Å². The lowest BCUT2D eigenvalue weighted by molar-refractivity contribution is 0.0907. The average molecular weight is 333 g/mol. The first kappa shape index (κ1) is 18.5. The van der Waals surface area contributed by atoms with Crippen LogP contribution < -0.4 is 10.1 Å². The van der Waals surface area contributed by atoms with Crippen LogP contribution in [0.1, 0.15) is 46.0 Å². The molecule has 2 bridgehead atoms. The van der Waals surface area contributed by atoms with E-state index in [0.717, 1.165) is 24.5 Å². The van der Waals surface area contributed by atoms with Gasteiger partial charge in [0.25, 0.3) is 0 Å². The van der Waals surface area contributed by atoms with Gasteiger partial charge in [-0.05, 0) is 43.7 Å². The molecule has 3 nitrogen and oxygen atoms in total. The summed E-state index contributed by atoms with van der Waals surface area (Å²) in [4.78, 5) is 4.04. The van der Waals surface area contributed by atoms with Gasteiger partial charge in [0.05, 0.1) is 0 Å². The zero-order valence-electron chi connectivity index (χ0n) is 12.7. The molecule has 0 aromatic carbocycles. The predicted octanol–water partition coefficient (Wildman–Crippen LogP) is 4.00. The summed E-state index contributed by atoms with van der Waals surface area (Å²) in [6.45, 7) is 4.63. The number of fused-ring (bicyclic) bond motifs is 2. The van der Waals surface area contributed by atoms with Crippen molar-refractivity contribution in [3.63, 3.8) is 0 Å². The van der Waals surface area contributed by atoms with Crippen molar-refractivity contribution >= 4 is 24.8 Å². The van der Waals surface area contributed by atoms with Crippen LogP contribution >= 0.6 is 24.8 Å². The number of nitrogens with one attached hydrogen (secondary N) is 1. The third-order valence-electron chi connectivity index (χ3n) is 4.40. The highest BCUT2D eigenvalue weighted by atomic mass is 35.5. The SMILES string of the molecule is CC(C)C[C@]12CC[C@@H](C[C@H](Oc3ccncc3)C1)N2.Cl.Cl. The van der Waals surface area contributed by atoms with Crippen molar-refractivity contribution in [3.8, 4) is 5.75 Å². The number of piperidine rings is 1. The Kier molecular flexibility index (Phi) is 6.76. The van der Waals surface area contributed by atoms with Crippen molar-refractivity contribution in [1.29, 1.82) is 0 Å². The molecule has 2 aliphatic heterocycles. The zero-order valence-corrected chi connectivity index (χ0v) is 14.4. The lowest BCUT2D eigenvalue weighted by Gasteiger charge is -2.40. The average Bonchev–Trinajstić information content (AvgIpc) is 2.65. The van der Waals surface area contributed by atoms with Crippen molar-refractivity contribution in [3.05, 3.63) is 24.5 Å². The van der Waals surface area contributed by atoms with Gasteiger partial charge in [-0.2, -0.15) is 0 Å². The van der Waals surface area contributed by atoms with Crippen LogP contribution in [0, 0.1) is 5.92 Å². The number of pyridine rings is 1. The van der Waals surface area contributed by atoms with Crippen molar-refractivity contribution in [2.45, 2.75) is 63.6 Å². The maximum absolute atomic E-state index is 6.16. The number of aromatic nitrogens is 1. The standard InChI is InChI=1S/C16H24N2O.2ClH/c1-12(2)10-16-6-3-13(18-16)9-15(11-16)19-14-4-7-17-8-5-14;;/h4-5,7-8,12-13,15,18H,3,6,9-11H2,1-2H3;2*1H/t13-,15-,16+;;/m0../s1. The van der Waals surface area contributed by atoms with Gasteiger partial charge < -0.3 is 10.1 Å². The largest absolute Gasteiger partial charge is 0.490 e. The van der Waals surface area contributed by atoms with Crippen LogP contribution in [0.3, 0.4) is 0 Å². The van der Waals surface area contributed by atoms with E-state index in [4.69, 9.17) is 4.74 Å². The first-order chi connectivity index (χ1) is 9.15. The first-order valence-electron chi connectivity index (χ1n) is 7.50. The Labute approximate surface area is 140 Å². The van der Waals surface area contributed by atoms with Gasteiger partial charge in [0, 0.05) is 30.4 Å². The van der Waals surface area contributed by atoms with Crippen LogP contribution in [0.15, 0.2) is 24.5 Å². The molecule has 2 aliphatic rings. The van der Waals surface area contributed by atoms with E-state index in [2.05, 4.69) is 24.1 Å². The molecule has 3 heterocycles. The maximum Gasteiger partial charge on any atom is 0.122 e.